The molecule has 0 fully saturated rings. The lowest BCUT2D eigenvalue weighted by Gasteiger charge is -2.10. The summed E-state index contributed by atoms with van der Waals surface area (Å²) in [5.74, 6) is 0.605. The van der Waals surface area contributed by atoms with Crippen molar-refractivity contribution >= 4 is 11.8 Å². The number of nitrogens with one attached hydrogen (secondary N) is 2. The summed E-state index contributed by atoms with van der Waals surface area (Å²) >= 11 is 0. The van der Waals surface area contributed by atoms with E-state index in [1.165, 1.54) is 0 Å². The largest absolute Gasteiger partial charge is 0.421 e. The van der Waals surface area contributed by atoms with Crippen LogP contribution in [0.2, 0.25) is 0 Å². The summed E-state index contributed by atoms with van der Waals surface area (Å²) in [4.78, 5) is 0. The highest BCUT2D eigenvalue weighted by Crippen LogP contribution is 2.26. The van der Waals surface area contributed by atoms with Gasteiger partial charge in [0, 0.05) is 22.3 Å². The number of nitrogens with zero attached hydrogens (tertiary/aromatic N) is 2. The van der Waals surface area contributed by atoms with Gasteiger partial charge in [-0.25, -0.2) is 0 Å². The molecule has 0 aliphatic heterocycles. The van der Waals surface area contributed by atoms with Crippen LogP contribution >= 0.6 is 0 Å². The topological polar surface area (TPSA) is 95.8 Å². The molecule has 1 aromatic heterocycles. The van der Waals surface area contributed by atoms with E-state index in [4.69, 9.17) is 20.0 Å². The van der Waals surface area contributed by atoms with E-state index < -0.39 is 0 Å². The van der Waals surface area contributed by atoms with E-state index in [-0.39, 0.29) is 11.8 Å². The molecular weight excluding hydrogens is 388 g/mol. The van der Waals surface area contributed by atoms with Gasteiger partial charge in [-0.15, -0.1) is 10.2 Å². The van der Waals surface area contributed by atoms with Gasteiger partial charge in [-0.1, -0.05) is 35.4 Å². The van der Waals surface area contributed by atoms with Gasteiger partial charge in [0.05, 0.1) is 0 Å². The van der Waals surface area contributed by atoms with Gasteiger partial charge in [-0.3, -0.25) is 10.8 Å². The standard InChI is InChI=1S/C25H22N4O2/c1-15-4-8-18(9-5-15)22(26)30-23(27)20-12-17(3)13-21(14-20)25-29-28-24(31-25)19-10-6-16(2)7-11-19/h4-14,26-27H,1-3H3. The molecule has 6 nitrogen and oxygen atoms in total. The summed E-state index contributed by atoms with van der Waals surface area (Å²) in [6.07, 6.45) is 0. The first-order chi connectivity index (χ1) is 14.9. The minimum Gasteiger partial charge on any atom is -0.421 e. The summed E-state index contributed by atoms with van der Waals surface area (Å²) in [6, 6.07) is 20.8. The minimum absolute atomic E-state index is 0.0764. The summed E-state index contributed by atoms with van der Waals surface area (Å²) in [5.41, 5.74) is 5.85. The first kappa shape index (κ1) is 20.2. The molecule has 0 spiro atoms. The van der Waals surface area contributed by atoms with Crippen molar-refractivity contribution in [1.29, 1.82) is 10.8 Å². The number of aromatic nitrogens is 2. The van der Waals surface area contributed by atoms with Crippen molar-refractivity contribution in [3.63, 3.8) is 0 Å². The fourth-order valence-corrected chi connectivity index (χ4v) is 3.12. The molecule has 31 heavy (non-hydrogen) atoms. The molecule has 0 atom stereocenters. The number of rotatable bonds is 4. The van der Waals surface area contributed by atoms with Crippen molar-refractivity contribution in [1.82, 2.24) is 10.2 Å². The minimum atomic E-state index is -0.117. The first-order valence-corrected chi connectivity index (χ1v) is 9.84. The maximum atomic E-state index is 8.34. The normalized spacial score (nSPS) is 10.7. The van der Waals surface area contributed by atoms with Gasteiger partial charge in [-0.05, 0) is 68.8 Å². The Balaban J connectivity index is 1.57. The van der Waals surface area contributed by atoms with E-state index in [0.717, 1.165) is 22.3 Å². The summed E-state index contributed by atoms with van der Waals surface area (Å²) in [5, 5.41) is 24.8. The van der Waals surface area contributed by atoms with Crippen LogP contribution in [0.3, 0.4) is 0 Å². The van der Waals surface area contributed by atoms with Gasteiger partial charge in [0.15, 0.2) is 0 Å². The van der Waals surface area contributed by atoms with E-state index in [2.05, 4.69) is 10.2 Å². The van der Waals surface area contributed by atoms with Crippen LogP contribution in [0.5, 0.6) is 0 Å². The molecule has 0 unspecified atom stereocenters. The second-order valence-corrected chi connectivity index (χ2v) is 7.49. The number of ether oxygens (including phenoxy) is 1. The monoisotopic (exact) mass is 410 g/mol. The zero-order valence-electron chi connectivity index (χ0n) is 17.6. The molecule has 4 aromatic rings. The Kier molecular flexibility index (Phi) is 5.45. The Morgan fingerprint density at radius 3 is 1.84 bits per heavy atom. The van der Waals surface area contributed by atoms with E-state index in [0.29, 0.717) is 28.5 Å². The maximum absolute atomic E-state index is 8.34. The van der Waals surface area contributed by atoms with Crippen LogP contribution in [0.25, 0.3) is 22.9 Å². The molecule has 0 aliphatic carbocycles. The second-order valence-electron chi connectivity index (χ2n) is 7.49. The third-order valence-corrected chi connectivity index (χ3v) is 4.83. The van der Waals surface area contributed by atoms with Gasteiger partial charge in [0.2, 0.25) is 23.6 Å². The number of aryl methyl sites for hydroxylation is 3. The highest BCUT2D eigenvalue weighted by molar-refractivity contribution is 6.05. The zero-order chi connectivity index (χ0) is 22.0. The van der Waals surface area contributed by atoms with E-state index in [1.54, 1.807) is 18.2 Å². The van der Waals surface area contributed by atoms with Gasteiger partial charge in [0.25, 0.3) is 0 Å². The smallest absolute Gasteiger partial charge is 0.248 e. The zero-order valence-corrected chi connectivity index (χ0v) is 17.6. The molecule has 6 heteroatoms. The fraction of sp³-hybridized carbons (Fsp3) is 0.120. The Morgan fingerprint density at radius 1 is 0.645 bits per heavy atom. The van der Waals surface area contributed by atoms with Crippen LogP contribution < -0.4 is 0 Å². The fourth-order valence-electron chi connectivity index (χ4n) is 3.12. The Morgan fingerprint density at radius 2 is 1.19 bits per heavy atom. The van der Waals surface area contributed by atoms with Crippen LogP contribution in [0.4, 0.5) is 0 Å². The van der Waals surface area contributed by atoms with E-state index >= 15 is 0 Å². The molecule has 4 rings (SSSR count). The molecule has 0 amide bonds. The molecule has 0 saturated carbocycles. The van der Waals surface area contributed by atoms with E-state index in [9.17, 15) is 0 Å². The summed E-state index contributed by atoms with van der Waals surface area (Å²) in [6.45, 7) is 5.92. The third-order valence-electron chi connectivity index (χ3n) is 4.83. The molecule has 0 saturated heterocycles. The van der Waals surface area contributed by atoms with Crippen molar-refractivity contribution < 1.29 is 9.15 Å². The molecule has 2 N–H and O–H groups in total. The summed E-state index contributed by atoms with van der Waals surface area (Å²) < 4.78 is 11.4. The molecule has 154 valence electrons. The summed E-state index contributed by atoms with van der Waals surface area (Å²) in [7, 11) is 0. The maximum Gasteiger partial charge on any atom is 0.248 e. The lowest BCUT2D eigenvalue weighted by Crippen LogP contribution is -2.13. The molecule has 1 heterocycles. The third kappa shape index (κ3) is 4.59. The molecule has 0 radical (unpaired) electrons. The average molecular weight is 410 g/mol. The highest BCUT2D eigenvalue weighted by Gasteiger charge is 2.15. The first-order valence-electron chi connectivity index (χ1n) is 9.84. The Bertz CT molecular complexity index is 1260. The Labute approximate surface area is 180 Å². The molecule has 0 bridgehead atoms. The van der Waals surface area contributed by atoms with Crippen LogP contribution in [0.15, 0.2) is 71.1 Å². The van der Waals surface area contributed by atoms with Crippen LogP contribution in [-0.2, 0) is 4.74 Å². The predicted molar refractivity (Wildman–Crippen MR) is 121 cm³/mol. The highest BCUT2D eigenvalue weighted by atomic mass is 16.5. The van der Waals surface area contributed by atoms with Crippen molar-refractivity contribution in [3.8, 4) is 22.9 Å². The SMILES string of the molecule is Cc1ccc(C(=N)OC(=N)c2cc(C)cc(-c3nnc(-c4ccc(C)cc4)o3)c2)cc1. The van der Waals surface area contributed by atoms with E-state index in [1.807, 2.05) is 69.3 Å². The number of benzene rings is 3. The van der Waals surface area contributed by atoms with Gasteiger partial charge in [-0.2, -0.15) is 0 Å². The predicted octanol–water partition coefficient (Wildman–Crippen LogP) is 5.70. The number of hydrogen-bond donors (Lipinski definition) is 2. The van der Waals surface area contributed by atoms with Crippen LogP contribution in [-0.4, -0.2) is 22.0 Å². The van der Waals surface area contributed by atoms with Gasteiger partial charge < -0.3 is 9.15 Å². The van der Waals surface area contributed by atoms with Gasteiger partial charge in [0.1, 0.15) is 0 Å². The van der Waals surface area contributed by atoms with Crippen molar-refractivity contribution in [2.45, 2.75) is 20.8 Å². The van der Waals surface area contributed by atoms with Crippen molar-refractivity contribution in [2.24, 2.45) is 0 Å². The quantitative estimate of drug-likeness (QED) is 0.333. The number of hydrogen-bond acceptors (Lipinski definition) is 6. The average Bonchev–Trinajstić information content (AvgIpc) is 3.24. The van der Waals surface area contributed by atoms with Crippen molar-refractivity contribution in [3.05, 3.63) is 94.5 Å². The Hall–Kier alpha value is -4.06. The second kappa shape index (κ2) is 8.36. The van der Waals surface area contributed by atoms with Crippen LogP contribution in [0.1, 0.15) is 27.8 Å². The lowest BCUT2D eigenvalue weighted by molar-refractivity contribution is 0.538. The molecule has 0 aliphatic rings. The molecule has 3 aromatic carbocycles. The van der Waals surface area contributed by atoms with Gasteiger partial charge >= 0.3 is 0 Å². The van der Waals surface area contributed by atoms with Crippen molar-refractivity contribution in [2.75, 3.05) is 0 Å². The lowest BCUT2D eigenvalue weighted by atomic mass is 10.1. The molecular formula is C25H22N4O2. The van der Waals surface area contributed by atoms with Crippen LogP contribution in [0, 0.1) is 31.6 Å².